The van der Waals surface area contributed by atoms with E-state index in [9.17, 15) is 4.79 Å². The highest BCUT2D eigenvalue weighted by molar-refractivity contribution is 6.29. The number of likely N-dealkylation sites (tertiary alicyclic amines) is 1. The lowest BCUT2D eigenvalue weighted by Gasteiger charge is -2.31. The predicted molar refractivity (Wildman–Crippen MR) is 110 cm³/mol. The van der Waals surface area contributed by atoms with E-state index >= 15 is 0 Å². The van der Waals surface area contributed by atoms with E-state index in [1.165, 1.54) is 6.21 Å². The number of aromatic nitrogens is 2. The van der Waals surface area contributed by atoms with Gasteiger partial charge >= 0.3 is 0 Å². The topological polar surface area (TPSA) is 86.5 Å². The van der Waals surface area contributed by atoms with Gasteiger partial charge in [-0.05, 0) is 43.9 Å². The van der Waals surface area contributed by atoms with Gasteiger partial charge in [-0.1, -0.05) is 11.6 Å². The minimum absolute atomic E-state index is 0.320. The van der Waals surface area contributed by atoms with E-state index in [0.717, 1.165) is 67.5 Å². The van der Waals surface area contributed by atoms with Gasteiger partial charge in [0.25, 0.3) is 0 Å². The first-order valence-corrected chi connectivity index (χ1v) is 10.3. The summed E-state index contributed by atoms with van der Waals surface area (Å²) in [6.07, 6.45) is 9.38. The van der Waals surface area contributed by atoms with Crippen LogP contribution in [-0.2, 0) is 4.79 Å². The van der Waals surface area contributed by atoms with E-state index in [1.54, 1.807) is 12.3 Å². The lowest BCUT2D eigenvalue weighted by Crippen LogP contribution is -2.80. The third-order valence-corrected chi connectivity index (χ3v) is 5.82. The summed E-state index contributed by atoms with van der Waals surface area (Å²) >= 11 is 5.98. The van der Waals surface area contributed by atoms with Gasteiger partial charge in [-0.3, -0.25) is 9.78 Å². The van der Waals surface area contributed by atoms with E-state index in [2.05, 4.69) is 15.3 Å². The fraction of sp³-hybridized carbons (Fsp3) is 0.429. The maximum absolute atomic E-state index is 12.1. The summed E-state index contributed by atoms with van der Waals surface area (Å²) in [5, 5.41) is 10.3. The third kappa shape index (κ3) is 4.39. The van der Waals surface area contributed by atoms with Crippen LogP contribution in [0.3, 0.4) is 0 Å². The molecule has 0 atom stereocenters. The van der Waals surface area contributed by atoms with Gasteiger partial charge in [0.2, 0.25) is 5.91 Å². The number of nitrogens with two attached hydrogens (primary N) is 1. The SMILES string of the molecule is N=C/C(=C\[NH2+]CC1CCN(C(=O)C2CC2)CC1)c1cnc2ccc(Cl)nc2c1. The van der Waals surface area contributed by atoms with E-state index in [0.29, 0.717) is 22.9 Å². The Labute approximate surface area is 169 Å². The van der Waals surface area contributed by atoms with Gasteiger partial charge in [0, 0.05) is 42.9 Å². The summed E-state index contributed by atoms with van der Waals surface area (Å²) in [5.74, 6) is 1.29. The number of piperidine rings is 1. The zero-order chi connectivity index (χ0) is 19.5. The molecule has 2 aromatic heterocycles. The molecule has 2 fully saturated rings. The van der Waals surface area contributed by atoms with Gasteiger partial charge in [-0.15, -0.1) is 0 Å². The van der Waals surface area contributed by atoms with Crippen LogP contribution in [0.4, 0.5) is 0 Å². The minimum Gasteiger partial charge on any atom is -0.342 e. The van der Waals surface area contributed by atoms with Gasteiger partial charge in [0.1, 0.15) is 11.4 Å². The summed E-state index contributed by atoms with van der Waals surface area (Å²) in [4.78, 5) is 22.9. The van der Waals surface area contributed by atoms with Crippen molar-refractivity contribution in [1.82, 2.24) is 14.9 Å². The minimum atomic E-state index is 0.320. The molecule has 1 aliphatic heterocycles. The number of carbonyl (C=O) groups excluding carboxylic acids is 1. The molecule has 1 amide bonds. The number of amides is 1. The maximum atomic E-state index is 12.1. The summed E-state index contributed by atoms with van der Waals surface area (Å²) in [6.45, 7) is 2.74. The molecular formula is C21H25ClN5O+. The number of nitrogens with zero attached hydrogens (tertiary/aromatic N) is 3. The summed E-state index contributed by atoms with van der Waals surface area (Å²) in [7, 11) is 0. The monoisotopic (exact) mass is 398 g/mol. The van der Waals surface area contributed by atoms with Crippen molar-refractivity contribution in [2.45, 2.75) is 25.7 Å². The van der Waals surface area contributed by atoms with E-state index < -0.39 is 0 Å². The van der Waals surface area contributed by atoms with Crippen molar-refractivity contribution in [3.8, 4) is 0 Å². The van der Waals surface area contributed by atoms with Crippen molar-refractivity contribution in [3.63, 3.8) is 0 Å². The average molecular weight is 399 g/mol. The number of hydrogen-bond donors (Lipinski definition) is 2. The molecule has 3 heterocycles. The second kappa shape index (κ2) is 8.37. The number of pyridine rings is 2. The van der Waals surface area contributed by atoms with Gasteiger partial charge in [0.15, 0.2) is 0 Å². The number of quaternary nitrogens is 1. The second-order valence-corrected chi connectivity index (χ2v) is 8.06. The van der Waals surface area contributed by atoms with Crippen LogP contribution in [0, 0.1) is 17.2 Å². The molecule has 0 spiro atoms. The third-order valence-electron chi connectivity index (χ3n) is 5.61. The van der Waals surface area contributed by atoms with E-state index in [-0.39, 0.29) is 0 Å². The largest absolute Gasteiger partial charge is 0.342 e. The van der Waals surface area contributed by atoms with Crippen LogP contribution < -0.4 is 5.32 Å². The first-order chi connectivity index (χ1) is 13.6. The molecule has 6 nitrogen and oxygen atoms in total. The average Bonchev–Trinajstić information content (AvgIpc) is 3.56. The van der Waals surface area contributed by atoms with Crippen LogP contribution in [0.15, 0.2) is 30.6 Å². The molecule has 0 bridgehead atoms. The second-order valence-electron chi connectivity index (χ2n) is 7.68. The Bertz CT molecular complexity index is 916. The Morgan fingerprint density at radius 2 is 2.04 bits per heavy atom. The fourth-order valence-electron chi connectivity index (χ4n) is 3.73. The van der Waals surface area contributed by atoms with Crippen molar-refractivity contribution in [1.29, 1.82) is 5.41 Å². The normalized spacial score (nSPS) is 18.5. The molecule has 2 aromatic rings. The molecule has 28 heavy (non-hydrogen) atoms. The Morgan fingerprint density at radius 3 is 2.75 bits per heavy atom. The highest BCUT2D eigenvalue weighted by Crippen LogP contribution is 2.32. The molecular weight excluding hydrogens is 374 g/mol. The highest BCUT2D eigenvalue weighted by atomic mass is 35.5. The first-order valence-electron chi connectivity index (χ1n) is 9.89. The molecule has 1 saturated heterocycles. The van der Waals surface area contributed by atoms with E-state index in [4.69, 9.17) is 17.0 Å². The maximum Gasteiger partial charge on any atom is 0.225 e. The zero-order valence-electron chi connectivity index (χ0n) is 15.8. The number of fused-ring (bicyclic) bond motifs is 1. The predicted octanol–water partition coefficient (Wildman–Crippen LogP) is 2.49. The van der Waals surface area contributed by atoms with Crippen LogP contribution in [0.25, 0.3) is 16.6 Å². The van der Waals surface area contributed by atoms with Crippen molar-refractivity contribution in [3.05, 3.63) is 41.3 Å². The quantitative estimate of drug-likeness (QED) is 0.579. The standard InChI is InChI=1S/C21H24ClN5O/c22-20-4-3-18-19(26-20)9-16(13-25-18)17(10-23)12-24-11-14-5-7-27(8-6-14)21(28)15-1-2-15/h3-4,9-10,12-15,23-24H,1-2,5-8,11H2/p+1/b17-12+,23-10?. The van der Waals surface area contributed by atoms with Crippen LogP contribution >= 0.6 is 11.6 Å². The molecule has 2 aliphatic rings. The number of rotatable bonds is 6. The molecule has 0 radical (unpaired) electrons. The molecule has 1 saturated carbocycles. The lowest BCUT2D eigenvalue weighted by atomic mass is 9.96. The molecule has 4 rings (SSSR count). The zero-order valence-corrected chi connectivity index (χ0v) is 16.5. The molecule has 7 heteroatoms. The summed E-state index contributed by atoms with van der Waals surface area (Å²) < 4.78 is 0. The Morgan fingerprint density at radius 1 is 1.25 bits per heavy atom. The van der Waals surface area contributed by atoms with Gasteiger partial charge in [-0.25, -0.2) is 4.98 Å². The molecule has 1 aliphatic carbocycles. The summed E-state index contributed by atoms with van der Waals surface area (Å²) in [5.41, 5.74) is 3.18. The van der Waals surface area contributed by atoms with Crippen molar-refractivity contribution >= 4 is 40.3 Å². The Hall–Kier alpha value is -2.31. The molecule has 0 unspecified atom stereocenters. The van der Waals surface area contributed by atoms with Crippen molar-refractivity contribution < 1.29 is 10.1 Å². The van der Waals surface area contributed by atoms with Crippen molar-refractivity contribution in [2.75, 3.05) is 19.6 Å². The fourth-order valence-corrected chi connectivity index (χ4v) is 3.89. The van der Waals surface area contributed by atoms with Crippen LogP contribution in [0.5, 0.6) is 0 Å². The van der Waals surface area contributed by atoms with Crippen LogP contribution in [-0.4, -0.2) is 46.6 Å². The van der Waals surface area contributed by atoms with Crippen LogP contribution in [0.1, 0.15) is 31.2 Å². The summed E-state index contributed by atoms with van der Waals surface area (Å²) in [6, 6.07) is 5.48. The molecule has 146 valence electrons. The number of halogens is 1. The van der Waals surface area contributed by atoms with Gasteiger partial charge in [0.05, 0.1) is 23.2 Å². The van der Waals surface area contributed by atoms with E-state index in [1.807, 2.05) is 23.2 Å². The highest BCUT2D eigenvalue weighted by Gasteiger charge is 2.35. The van der Waals surface area contributed by atoms with Crippen molar-refractivity contribution in [2.24, 2.45) is 11.8 Å². The first kappa shape index (κ1) is 19.0. The Balaban J connectivity index is 1.34. The Kier molecular flexibility index (Phi) is 5.69. The lowest BCUT2D eigenvalue weighted by molar-refractivity contribution is -0.594. The van der Waals surface area contributed by atoms with Gasteiger partial charge < -0.3 is 15.6 Å². The number of carbonyl (C=O) groups is 1. The smallest absolute Gasteiger partial charge is 0.225 e. The molecule has 3 N–H and O–H groups in total. The van der Waals surface area contributed by atoms with Gasteiger partial charge in [-0.2, -0.15) is 0 Å². The number of nitrogens with one attached hydrogen (secondary N) is 1. The molecule has 0 aromatic carbocycles. The number of hydrogen-bond acceptors (Lipinski definition) is 4. The number of allylic oxidation sites excluding steroid dienone is 1. The van der Waals surface area contributed by atoms with Crippen LogP contribution in [0.2, 0.25) is 5.15 Å².